The van der Waals surface area contributed by atoms with Crippen molar-refractivity contribution in [1.82, 2.24) is 5.32 Å². The molecule has 0 bridgehead atoms. The lowest BCUT2D eigenvalue weighted by Crippen LogP contribution is -2.27. The summed E-state index contributed by atoms with van der Waals surface area (Å²) >= 11 is 7.57. The molecule has 0 saturated heterocycles. The van der Waals surface area contributed by atoms with Gasteiger partial charge >= 0.3 is 0 Å². The molecule has 0 fully saturated rings. The predicted molar refractivity (Wildman–Crippen MR) is 72.9 cm³/mol. The van der Waals surface area contributed by atoms with Crippen LogP contribution in [-0.2, 0) is 0 Å². The van der Waals surface area contributed by atoms with Crippen LogP contribution in [0.2, 0.25) is 5.02 Å². The van der Waals surface area contributed by atoms with Gasteiger partial charge in [0.15, 0.2) is 5.17 Å². The van der Waals surface area contributed by atoms with Crippen LogP contribution < -0.4 is 5.32 Å². The maximum Gasteiger partial charge on any atom is 0.258 e. The molecular formula is C12H13ClN2OS. The fourth-order valence-corrected chi connectivity index (χ4v) is 2.66. The third-order valence-corrected chi connectivity index (χ3v) is 4.11. The van der Waals surface area contributed by atoms with Gasteiger partial charge < -0.3 is 5.32 Å². The van der Waals surface area contributed by atoms with E-state index in [0.717, 1.165) is 13.0 Å². The summed E-state index contributed by atoms with van der Waals surface area (Å²) in [6.07, 6.45) is 1.06. The number of aliphatic imine (C=N–C) groups is 1. The number of amides is 1. The zero-order valence-electron chi connectivity index (χ0n) is 9.44. The Hall–Kier alpha value is -1.000. The highest BCUT2D eigenvalue weighted by Gasteiger charge is 2.20. The number of amidine groups is 1. The van der Waals surface area contributed by atoms with Crippen LogP contribution in [0, 0.1) is 0 Å². The van der Waals surface area contributed by atoms with Crippen molar-refractivity contribution in [2.24, 2.45) is 4.99 Å². The van der Waals surface area contributed by atoms with Crippen molar-refractivity contribution in [2.45, 2.75) is 18.6 Å². The fourth-order valence-electron chi connectivity index (χ4n) is 1.51. The van der Waals surface area contributed by atoms with Gasteiger partial charge in [0.2, 0.25) is 0 Å². The first-order valence-electron chi connectivity index (χ1n) is 5.47. The smallest absolute Gasteiger partial charge is 0.258 e. The SMILES string of the molecule is CCC1CN=C(NC(=O)c2ccccc2Cl)S1. The van der Waals surface area contributed by atoms with E-state index in [1.807, 2.05) is 0 Å². The summed E-state index contributed by atoms with van der Waals surface area (Å²) < 4.78 is 0. The van der Waals surface area contributed by atoms with Crippen LogP contribution in [0.25, 0.3) is 0 Å². The van der Waals surface area contributed by atoms with E-state index in [-0.39, 0.29) is 5.91 Å². The van der Waals surface area contributed by atoms with Gasteiger partial charge in [0.25, 0.3) is 5.91 Å². The normalized spacial score (nSPS) is 18.9. The third kappa shape index (κ3) is 3.01. The molecule has 5 heteroatoms. The number of nitrogens with one attached hydrogen (secondary N) is 1. The van der Waals surface area contributed by atoms with Gasteiger partial charge in [-0.05, 0) is 18.6 Å². The largest absolute Gasteiger partial charge is 0.301 e. The van der Waals surface area contributed by atoms with E-state index in [1.54, 1.807) is 36.0 Å². The van der Waals surface area contributed by atoms with Crippen molar-refractivity contribution in [3.05, 3.63) is 34.9 Å². The molecule has 1 heterocycles. The highest BCUT2D eigenvalue weighted by molar-refractivity contribution is 8.14. The second-order valence-electron chi connectivity index (χ2n) is 3.73. The number of carbonyl (C=O) groups excluding carboxylic acids is 1. The molecule has 2 rings (SSSR count). The molecule has 1 aromatic rings. The number of halogens is 1. The van der Waals surface area contributed by atoms with Crippen molar-refractivity contribution in [3.8, 4) is 0 Å². The minimum atomic E-state index is -0.196. The van der Waals surface area contributed by atoms with Crippen molar-refractivity contribution in [2.75, 3.05) is 6.54 Å². The first-order valence-corrected chi connectivity index (χ1v) is 6.73. The fraction of sp³-hybridized carbons (Fsp3) is 0.333. The summed E-state index contributed by atoms with van der Waals surface area (Å²) in [4.78, 5) is 16.2. The van der Waals surface area contributed by atoms with E-state index in [2.05, 4.69) is 17.2 Å². The van der Waals surface area contributed by atoms with Crippen LogP contribution in [0.3, 0.4) is 0 Å². The summed E-state index contributed by atoms with van der Waals surface area (Å²) in [7, 11) is 0. The Bertz CT molecular complexity index is 462. The van der Waals surface area contributed by atoms with Gasteiger partial charge in [-0.2, -0.15) is 0 Å². The lowest BCUT2D eigenvalue weighted by atomic mass is 10.2. The maximum atomic E-state index is 11.9. The highest BCUT2D eigenvalue weighted by Crippen LogP contribution is 2.22. The molecule has 1 amide bonds. The summed E-state index contributed by atoms with van der Waals surface area (Å²) in [6, 6.07) is 7.00. The van der Waals surface area contributed by atoms with Gasteiger partial charge in [-0.3, -0.25) is 9.79 Å². The van der Waals surface area contributed by atoms with Gasteiger partial charge in [-0.15, -0.1) is 0 Å². The Morgan fingerprint density at radius 2 is 2.35 bits per heavy atom. The molecule has 0 radical (unpaired) electrons. The number of benzene rings is 1. The number of nitrogens with zero attached hydrogens (tertiary/aromatic N) is 1. The molecule has 90 valence electrons. The Balaban J connectivity index is 2.01. The Labute approximate surface area is 110 Å². The van der Waals surface area contributed by atoms with E-state index in [4.69, 9.17) is 11.6 Å². The summed E-state index contributed by atoms with van der Waals surface area (Å²) in [6.45, 7) is 2.89. The number of thioether (sulfide) groups is 1. The van der Waals surface area contributed by atoms with E-state index in [1.165, 1.54) is 0 Å². The minimum Gasteiger partial charge on any atom is -0.301 e. The monoisotopic (exact) mass is 268 g/mol. The highest BCUT2D eigenvalue weighted by atomic mass is 35.5. The molecule has 1 atom stereocenters. The second kappa shape index (κ2) is 5.56. The summed E-state index contributed by atoms with van der Waals surface area (Å²) in [5, 5.41) is 4.43. The first-order chi connectivity index (χ1) is 8.20. The Morgan fingerprint density at radius 1 is 1.59 bits per heavy atom. The lowest BCUT2D eigenvalue weighted by molar-refractivity contribution is 0.0978. The van der Waals surface area contributed by atoms with Crippen LogP contribution in [0.1, 0.15) is 23.7 Å². The van der Waals surface area contributed by atoms with Gasteiger partial charge in [0, 0.05) is 5.25 Å². The summed E-state index contributed by atoms with van der Waals surface area (Å²) in [5.74, 6) is -0.196. The number of hydrogen-bond donors (Lipinski definition) is 1. The average Bonchev–Trinajstić information content (AvgIpc) is 2.77. The zero-order chi connectivity index (χ0) is 12.3. The molecular weight excluding hydrogens is 256 g/mol. The topological polar surface area (TPSA) is 41.5 Å². The molecule has 1 aliphatic heterocycles. The molecule has 3 nitrogen and oxygen atoms in total. The van der Waals surface area contributed by atoms with E-state index in [0.29, 0.717) is 21.0 Å². The van der Waals surface area contributed by atoms with Crippen LogP contribution >= 0.6 is 23.4 Å². The van der Waals surface area contributed by atoms with E-state index in [9.17, 15) is 4.79 Å². The molecule has 17 heavy (non-hydrogen) atoms. The number of carbonyl (C=O) groups is 1. The van der Waals surface area contributed by atoms with E-state index < -0.39 is 0 Å². The average molecular weight is 269 g/mol. The molecule has 0 spiro atoms. The van der Waals surface area contributed by atoms with Gasteiger partial charge in [-0.1, -0.05) is 42.4 Å². The molecule has 1 aliphatic rings. The quantitative estimate of drug-likeness (QED) is 0.896. The van der Waals surface area contributed by atoms with Crippen molar-refractivity contribution in [3.63, 3.8) is 0 Å². The number of rotatable bonds is 2. The standard InChI is InChI=1S/C12H13ClN2OS/c1-2-8-7-14-12(17-8)15-11(16)9-5-3-4-6-10(9)13/h3-6,8H,2,7H2,1H3,(H,14,15,16). The first kappa shape index (κ1) is 12.5. The van der Waals surface area contributed by atoms with Crippen molar-refractivity contribution < 1.29 is 4.79 Å². The Kier molecular flexibility index (Phi) is 4.07. The van der Waals surface area contributed by atoms with Gasteiger partial charge in [0.05, 0.1) is 17.1 Å². The molecule has 1 aromatic carbocycles. The van der Waals surface area contributed by atoms with Crippen LogP contribution in [0.4, 0.5) is 0 Å². The van der Waals surface area contributed by atoms with Crippen molar-refractivity contribution in [1.29, 1.82) is 0 Å². The van der Waals surface area contributed by atoms with E-state index >= 15 is 0 Å². The second-order valence-corrected chi connectivity index (χ2v) is 5.42. The summed E-state index contributed by atoms with van der Waals surface area (Å²) in [5.41, 5.74) is 0.484. The Morgan fingerprint density at radius 3 is 3.00 bits per heavy atom. The van der Waals surface area contributed by atoms with Crippen LogP contribution in [-0.4, -0.2) is 22.9 Å². The van der Waals surface area contributed by atoms with Crippen molar-refractivity contribution >= 4 is 34.4 Å². The molecule has 0 aliphatic carbocycles. The lowest BCUT2D eigenvalue weighted by Gasteiger charge is -2.06. The zero-order valence-corrected chi connectivity index (χ0v) is 11.0. The van der Waals surface area contributed by atoms with Crippen LogP contribution in [0.15, 0.2) is 29.3 Å². The van der Waals surface area contributed by atoms with Gasteiger partial charge in [0.1, 0.15) is 0 Å². The predicted octanol–water partition coefficient (Wildman–Crippen LogP) is 2.95. The molecule has 1 N–H and O–H groups in total. The third-order valence-electron chi connectivity index (χ3n) is 2.51. The molecule has 0 aromatic heterocycles. The minimum absolute atomic E-state index is 0.196. The molecule has 0 saturated carbocycles. The number of hydrogen-bond acceptors (Lipinski definition) is 3. The maximum absolute atomic E-state index is 11.9. The van der Waals surface area contributed by atoms with Crippen LogP contribution in [0.5, 0.6) is 0 Å². The molecule has 1 unspecified atom stereocenters. The van der Waals surface area contributed by atoms with Gasteiger partial charge in [-0.25, -0.2) is 0 Å².